The lowest BCUT2D eigenvalue weighted by molar-refractivity contribution is -0.124. The summed E-state index contributed by atoms with van der Waals surface area (Å²) < 4.78 is 0. The highest BCUT2D eigenvalue weighted by Gasteiger charge is 2.26. The monoisotopic (exact) mass is 776 g/mol. The number of aliphatic hydroxyl groups is 3. The summed E-state index contributed by atoms with van der Waals surface area (Å²) in [5, 5.41) is 33.7. The topological polar surface area (TPSA) is 89.8 Å². The minimum atomic E-state index is -1.14. The molecule has 0 aliphatic heterocycles. The van der Waals surface area contributed by atoms with Crippen molar-refractivity contribution in [2.45, 2.75) is 283 Å². The average Bonchev–Trinajstić information content (AvgIpc) is 3.19. The quantitative estimate of drug-likeness (QED) is 0.0366. The number of carbonyl (C=O) groups excluding carboxylic acids is 1. The van der Waals surface area contributed by atoms with Crippen LogP contribution >= 0.6 is 0 Å². The molecule has 0 saturated heterocycles. The molecule has 0 aliphatic rings. The van der Waals surface area contributed by atoms with Gasteiger partial charge in [0.1, 0.15) is 6.10 Å². The van der Waals surface area contributed by atoms with Gasteiger partial charge in [-0.1, -0.05) is 244 Å². The molecule has 0 aromatic rings. The maximum Gasteiger partial charge on any atom is 0.220 e. The van der Waals surface area contributed by atoms with Gasteiger partial charge in [0.15, 0.2) is 0 Å². The average molecular weight is 776 g/mol. The van der Waals surface area contributed by atoms with Gasteiger partial charge in [-0.15, -0.1) is 0 Å². The Morgan fingerprint density at radius 2 is 0.764 bits per heavy atom. The molecule has 0 heterocycles. The highest BCUT2D eigenvalue weighted by atomic mass is 16.3. The minimum absolute atomic E-state index is 0.146. The largest absolute Gasteiger partial charge is 0.394 e. The number of nitrogens with one attached hydrogen (secondary N) is 1. The smallest absolute Gasteiger partial charge is 0.220 e. The van der Waals surface area contributed by atoms with Crippen molar-refractivity contribution in [1.29, 1.82) is 0 Å². The predicted octanol–water partition coefficient (Wildman–Crippen LogP) is 14.6. The van der Waals surface area contributed by atoms with Crippen LogP contribution in [0.1, 0.15) is 264 Å². The van der Waals surface area contributed by atoms with Crippen molar-refractivity contribution in [3.05, 3.63) is 24.3 Å². The Bertz CT molecular complexity index is 814. The van der Waals surface area contributed by atoms with Crippen LogP contribution in [0.4, 0.5) is 0 Å². The molecule has 326 valence electrons. The third-order valence-electron chi connectivity index (χ3n) is 11.6. The Kier molecular flexibility index (Phi) is 44.6. The second-order valence-corrected chi connectivity index (χ2v) is 17.1. The lowest BCUT2D eigenvalue weighted by Gasteiger charge is -2.26. The molecule has 5 nitrogen and oxygen atoms in total. The Morgan fingerprint density at radius 1 is 0.455 bits per heavy atom. The second kappa shape index (κ2) is 45.5. The molecule has 0 saturated carbocycles. The fraction of sp³-hybridized carbons (Fsp3) is 0.900. The Hall–Kier alpha value is -1.17. The van der Waals surface area contributed by atoms with E-state index in [4.69, 9.17) is 0 Å². The van der Waals surface area contributed by atoms with Gasteiger partial charge in [0.2, 0.25) is 5.91 Å². The van der Waals surface area contributed by atoms with Gasteiger partial charge in [-0.05, 0) is 38.5 Å². The zero-order valence-electron chi connectivity index (χ0n) is 37.1. The van der Waals surface area contributed by atoms with E-state index >= 15 is 0 Å². The Balaban J connectivity index is 3.57. The van der Waals surface area contributed by atoms with E-state index in [1.165, 1.54) is 199 Å². The molecule has 0 fully saturated rings. The predicted molar refractivity (Wildman–Crippen MR) is 241 cm³/mol. The van der Waals surface area contributed by atoms with Crippen molar-refractivity contribution in [1.82, 2.24) is 5.32 Å². The van der Waals surface area contributed by atoms with Gasteiger partial charge < -0.3 is 20.6 Å². The molecule has 0 aromatic heterocycles. The molecule has 0 bridgehead atoms. The van der Waals surface area contributed by atoms with Gasteiger partial charge in [0.05, 0.1) is 18.8 Å². The first-order chi connectivity index (χ1) is 27.1. The van der Waals surface area contributed by atoms with Crippen LogP contribution in [-0.4, -0.2) is 46.1 Å². The SMILES string of the molecule is CCCCC/C=C\C=C/CCCCCCCCCCCCC(=O)NC(CO)C(O)C(O)CCCCCCCCCCCCCCCCCCCCCCCC. The molecule has 0 aliphatic carbocycles. The van der Waals surface area contributed by atoms with Crippen LogP contribution in [-0.2, 0) is 4.79 Å². The number of unbranched alkanes of at least 4 members (excludes halogenated alkanes) is 34. The van der Waals surface area contributed by atoms with Crippen molar-refractivity contribution < 1.29 is 20.1 Å². The van der Waals surface area contributed by atoms with Crippen LogP contribution in [0.15, 0.2) is 24.3 Å². The van der Waals surface area contributed by atoms with E-state index in [2.05, 4.69) is 43.5 Å². The summed E-state index contributed by atoms with van der Waals surface area (Å²) in [6.45, 7) is 4.17. The van der Waals surface area contributed by atoms with Gasteiger partial charge in [-0.25, -0.2) is 0 Å². The van der Waals surface area contributed by atoms with Crippen LogP contribution in [0.5, 0.6) is 0 Å². The van der Waals surface area contributed by atoms with Crippen molar-refractivity contribution in [2.75, 3.05) is 6.61 Å². The number of hydrogen-bond acceptors (Lipinski definition) is 4. The summed E-state index contributed by atoms with van der Waals surface area (Å²) in [6.07, 6.45) is 55.8. The third-order valence-corrected chi connectivity index (χ3v) is 11.6. The van der Waals surface area contributed by atoms with Crippen LogP contribution in [0.3, 0.4) is 0 Å². The maximum absolute atomic E-state index is 12.5. The Morgan fingerprint density at radius 3 is 1.15 bits per heavy atom. The van der Waals surface area contributed by atoms with Crippen molar-refractivity contribution in [3.8, 4) is 0 Å². The zero-order chi connectivity index (χ0) is 40.1. The summed E-state index contributed by atoms with van der Waals surface area (Å²) >= 11 is 0. The first-order valence-corrected chi connectivity index (χ1v) is 24.6. The number of amides is 1. The normalized spacial score (nSPS) is 13.6. The molecule has 0 rings (SSSR count). The third kappa shape index (κ3) is 40.8. The summed E-state index contributed by atoms with van der Waals surface area (Å²) in [7, 11) is 0. The lowest BCUT2D eigenvalue weighted by atomic mass is 9.99. The summed E-state index contributed by atoms with van der Waals surface area (Å²) in [5.41, 5.74) is 0. The van der Waals surface area contributed by atoms with E-state index in [-0.39, 0.29) is 12.5 Å². The fourth-order valence-corrected chi connectivity index (χ4v) is 7.74. The molecule has 0 aromatic carbocycles. The van der Waals surface area contributed by atoms with Crippen LogP contribution in [0.25, 0.3) is 0 Å². The van der Waals surface area contributed by atoms with E-state index in [1.807, 2.05) is 0 Å². The summed E-state index contributed by atoms with van der Waals surface area (Å²) in [5.74, 6) is -0.146. The van der Waals surface area contributed by atoms with Crippen LogP contribution in [0.2, 0.25) is 0 Å². The number of carbonyl (C=O) groups is 1. The van der Waals surface area contributed by atoms with E-state index in [9.17, 15) is 20.1 Å². The minimum Gasteiger partial charge on any atom is -0.394 e. The van der Waals surface area contributed by atoms with Crippen molar-refractivity contribution in [2.24, 2.45) is 0 Å². The highest BCUT2D eigenvalue weighted by Crippen LogP contribution is 2.17. The molecule has 0 radical (unpaired) electrons. The zero-order valence-corrected chi connectivity index (χ0v) is 37.1. The van der Waals surface area contributed by atoms with Gasteiger partial charge in [-0.3, -0.25) is 4.79 Å². The van der Waals surface area contributed by atoms with E-state index in [0.717, 1.165) is 38.5 Å². The maximum atomic E-state index is 12.5. The standard InChI is InChI=1S/C50H97NO4/c1-3-5-7-9-11-13-15-17-19-21-23-24-25-27-28-30-32-34-36-38-40-42-44-48(53)50(55)47(46-52)51-49(54)45-43-41-39-37-35-33-31-29-26-22-20-18-16-14-12-10-8-6-4-2/h12,14,16,18,47-48,50,52-53,55H,3-11,13,15,17,19-46H2,1-2H3,(H,51,54)/b14-12-,18-16-. The first kappa shape index (κ1) is 53.8. The molecule has 55 heavy (non-hydrogen) atoms. The lowest BCUT2D eigenvalue weighted by Crippen LogP contribution is -2.50. The van der Waals surface area contributed by atoms with Gasteiger partial charge >= 0.3 is 0 Å². The van der Waals surface area contributed by atoms with E-state index in [1.54, 1.807) is 0 Å². The molecule has 0 spiro atoms. The molecule has 1 amide bonds. The molecule has 3 atom stereocenters. The van der Waals surface area contributed by atoms with Crippen LogP contribution < -0.4 is 5.32 Å². The number of allylic oxidation sites excluding steroid dienone is 4. The number of aliphatic hydroxyl groups excluding tert-OH is 3. The van der Waals surface area contributed by atoms with Crippen molar-refractivity contribution >= 4 is 5.91 Å². The second-order valence-electron chi connectivity index (χ2n) is 17.1. The molecule has 3 unspecified atom stereocenters. The van der Waals surface area contributed by atoms with E-state index < -0.39 is 18.2 Å². The van der Waals surface area contributed by atoms with Crippen LogP contribution in [0, 0.1) is 0 Å². The van der Waals surface area contributed by atoms with Gasteiger partial charge in [-0.2, -0.15) is 0 Å². The summed E-state index contributed by atoms with van der Waals surface area (Å²) in [6, 6.07) is -0.810. The summed E-state index contributed by atoms with van der Waals surface area (Å²) in [4.78, 5) is 12.5. The molecular weight excluding hydrogens is 679 g/mol. The van der Waals surface area contributed by atoms with Gasteiger partial charge in [0.25, 0.3) is 0 Å². The highest BCUT2D eigenvalue weighted by molar-refractivity contribution is 5.76. The first-order valence-electron chi connectivity index (χ1n) is 24.6. The Labute approximate surface area is 343 Å². The molecule has 4 N–H and O–H groups in total. The van der Waals surface area contributed by atoms with Gasteiger partial charge in [0, 0.05) is 6.42 Å². The van der Waals surface area contributed by atoms with E-state index in [0.29, 0.717) is 12.8 Å². The van der Waals surface area contributed by atoms with Crippen molar-refractivity contribution in [3.63, 3.8) is 0 Å². The molecule has 5 heteroatoms. The fourth-order valence-electron chi connectivity index (χ4n) is 7.74. The number of rotatable bonds is 45. The number of hydrogen-bond donors (Lipinski definition) is 4. The molecular formula is C50H97NO4.